The maximum absolute atomic E-state index is 11.8. The van der Waals surface area contributed by atoms with Crippen LogP contribution in [0.5, 0.6) is 0 Å². The van der Waals surface area contributed by atoms with Crippen LogP contribution in [-0.2, 0) is 19.1 Å². The Morgan fingerprint density at radius 3 is 2.35 bits per heavy atom. The lowest BCUT2D eigenvalue weighted by molar-refractivity contribution is -0.171. The van der Waals surface area contributed by atoms with Crippen molar-refractivity contribution in [2.24, 2.45) is 0 Å². The SMILES string of the molecule is C=C(C)C(=O)OC1(CC)CCC2(CC1)CC(=C)C(=O)O2. The van der Waals surface area contributed by atoms with Crippen molar-refractivity contribution in [3.8, 4) is 0 Å². The molecule has 2 rings (SSSR count). The Morgan fingerprint density at radius 2 is 1.95 bits per heavy atom. The monoisotopic (exact) mass is 278 g/mol. The smallest absolute Gasteiger partial charge is 0.334 e. The predicted octanol–water partition coefficient (Wildman–Crippen LogP) is 3.07. The van der Waals surface area contributed by atoms with E-state index in [1.807, 2.05) is 6.92 Å². The topological polar surface area (TPSA) is 52.6 Å². The van der Waals surface area contributed by atoms with Gasteiger partial charge in [0, 0.05) is 17.6 Å². The summed E-state index contributed by atoms with van der Waals surface area (Å²) in [5.74, 6) is -0.622. The molecule has 1 spiro atoms. The second-order valence-electron chi connectivity index (χ2n) is 6.06. The number of rotatable bonds is 3. The third-order valence-corrected chi connectivity index (χ3v) is 4.51. The summed E-state index contributed by atoms with van der Waals surface area (Å²) >= 11 is 0. The molecule has 2 fully saturated rings. The van der Waals surface area contributed by atoms with E-state index >= 15 is 0 Å². The van der Waals surface area contributed by atoms with E-state index in [0.29, 0.717) is 30.4 Å². The molecule has 0 aromatic carbocycles. The number of hydrogen-bond donors (Lipinski definition) is 0. The fourth-order valence-corrected chi connectivity index (χ4v) is 3.02. The highest BCUT2D eigenvalue weighted by Gasteiger charge is 2.50. The van der Waals surface area contributed by atoms with Gasteiger partial charge in [0.25, 0.3) is 0 Å². The van der Waals surface area contributed by atoms with Gasteiger partial charge in [-0.1, -0.05) is 20.1 Å². The largest absolute Gasteiger partial charge is 0.456 e. The van der Waals surface area contributed by atoms with Gasteiger partial charge in [-0.3, -0.25) is 0 Å². The van der Waals surface area contributed by atoms with E-state index in [2.05, 4.69) is 13.2 Å². The van der Waals surface area contributed by atoms with Gasteiger partial charge < -0.3 is 9.47 Å². The Hall–Kier alpha value is -1.58. The van der Waals surface area contributed by atoms with Crippen LogP contribution in [0.4, 0.5) is 0 Å². The Balaban J connectivity index is 2.05. The molecular formula is C16H22O4. The van der Waals surface area contributed by atoms with Crippen molar-refractivity contribution in [1.82, 2.24) is 0 Å². The van der Waals surface area contributed by atoms with Gasteiger partial charge in [-0.15, -0.1) is 0 Å². The van der Waals surface area contributed by atoms with E-state index in [-0.39, 0.29) is 11.9 Å². The summed E-state index contributed by atoms with van der Waals surface area (Å²) in [6.07, 6.45) is 4.22. The van der Waals surface area contributed by atoms with Gasteiger partial charge in [0.1, 0.15) is 11.2 Å². The molecule has 0 atom stereocenters. The lowest BCUT2D eigenvalue weighted by Gasteiger charge is -2.42. The second kappa shape index (κ2) is 5.08. The quantitative estimate of drug-likeness (QED) is 0.588. The number of hydrogen-bond acceptors (Lipinski definition) is 4. The van der Waals surface area contributed by atoms with E-state index < -0.39 is 11.2 Å². The minimum absolute atomic E-state index is 0.284. The first-order valence-corrected chi connectivity index (χ1v) is 7.11. The number of ether oxygens (including phenoxy) is 2. The summed E-state index contributed by atoms with van der Waals surface area (Å²) in [6.45, 7) is 11.0. The van der Waals surface area contributed by atoms with Crippen molar-refractivity contribution in [2.45, 2.75) is 63.6 Å². The molecule has 0 bridgehead atoms. The first-order chi connectivity index (χ1) is 9.31. The van der Waals surface area contributed by atoms with Crippen molar-refractivity contribution in [3.63, 3.8) is 0 Å². The fraction of sp³-hybridized carbons (Fsp3) is 0.625. The van der Waals surface area contributed by atoms with Crippen LogP contribution in [0, 0.1) is 0 Å². The highest BCUT2D eigenvalue weighted by molar-refractivity contribution is 5.90. The van der Waals surface area contributed by atoms with Gasteiger partial charge in [0.2, 0.25) is 0 Å². The molecule has 1 aliphatic carbocycles. The van der Waals surface area contributed by atoms with Crippen molar-refractivity contribution in [1.29, 1.82) is 0 Å². The van der Waals surface area contributed by atoms with Crippen molar-refractivity contribution in [3.05, 3.63) is 24.3 Å². The van der Waals surface area contributed by atoms with Crippen LogP contribution in [0.3, 0.4) is 0 Å². The van der Waals surface area contributed by atoms with E-state index in [0.717, 1.165) is 19.3 Å². The summed E-state index contributed by atoms with van der Waals surface area (Å²) in [7, 11) is 0. The fourth-order valence-electron chi connectivity index (χ4n) is 3.02. The van der Waals surface area contributed by atoms with Crippen molar-refractivity contribution in [2.75, 3.05) is 0 Å². The average Bonchev–Trinajstić information content (AvgIpc) is 2.68. The minimum Gasteiger partial charge on any atom is -0.456 e. The standard InChI is InChI=1S/C16H22O4/c1-5-15(19-13(17)11(2)3)6-8-16(9-7-15)10-12(4)14(18)20-16/h2,4-10H2,1,3H3. The molecule has 20 heavy (non-hydrogen) atoms. The molecule has 4 nitrogen and oxygen atoms in total. The number of carbonyl (C=O) groups excluding carboxylic acids is 2. The lowest BCUT2D eigenvalue weighted by atomic mass is 9.73. The normalized spacial score (nSPS) is 33.1. The maximum atomic E-state index is 11.8. The average molecular weight is 278 g/mol. The molecule has 1 saturated carbocycles. The van der Waals surface area contributed by atoms with E-state index in [9.17, 15) is 9.59 Å². The van der Waals surface area contributed by atoms with Gasteiger partial charge in [-0.25, -0.2) is 9.59 Å². The molecule has 0 aromatic heterocycles. The molecule has 4 heteroatoms. The second-order valence-corrected chi connectivity index (χ2v) is 6.06. The van der Waals surface area contributed by atoms with Gasteiger partial charge in [-0.2, -0.15) is 0 Å². The van der Waals surface area contributed by atoms with E-state index in [1.54, 1.807) is 6.92 Å². The zero-order valence-electron chi connectivity index (χ0n) is 12.3. The molecule has 0 N–H and O–H groups in total. The van der Waals surface area contributed by atoms with Crippen LogP contribution < -0.4 is 0 Å². The molecular weight excluding hydrogens is 256 g/mol. The van der Waals surface area contributed by atoms with E-state index in [4.69, 9.17) is 9.47 Å². The molecule has 2 aliphatic rings. The minimum atomic E-state index is -0.447. The van der Waals surface area contributed by atoms with Crippen LogP contribution >= 0.6 is 0 Å². The highest BCUT2D eigenvalue weighted by Crippen LogP contribution is 2.47. The van der Waals surface area contributed by atoms with Gasteiger partial charge >= 0.3 is 11.9 Å². The van der Waals surface area contributed by atoms with Crippen LogP contribution in [-0.4, -0.2) is 23.1 Å². The first-order valence-electron chi connectivity index (χ1n) is 7.11. The third-order valence-electron chi connectivity index (χ3n) is 4.51. The van der Waals surface area contributed by atoms with Crippen LogP contribution in [0.15, 0.2) is 24.3 Å². The molecule has 1 aliphatic heterocycles. The molecule has 0 radical (unpaired) electrons. The lowest BCUT2D eigenvalue weighted by Crippen LogP contribution is -2.45. The Bertz CT molecular complexity index is 449. The zero-order valence-corrected chi connectivity index (χ0v) is 12.3. The molecule has 0 unspecified atom stereocenters. The zero-order chi connectivity index (χ0) is 15.0. The molecule has 0 amide bonds. The van der Waals surface area contributed by atoms with Crippen molar-refractivity contribution >= 4 is 11.9 Å². The van der Waals surface area contributed by atoms with Gasteiger partial charge in [0.15, 0.2) is 0 Å². The molecule has 1 heterocycles. The Kier molecular flexibility index (Phi) is 3.76. The summed E-state index contributed by atoms with van der Waals surface area (Å²) in [5, 5.41) is 0. The van der Waals surface area contributed by atoms with Gasteiger partial charge in [0.05, 0.1) is 0 Å². The van der Waals surface area contributed by atoms with Gasteiger partial charge in [-0.05, 0) is 39.0 Å². The molecule has 0 aromatic rings. The summed E-state index contributed by atoms with van der Waals surface area (Å²) in [6, 6.07) is 0. The molecule has 1 saturated heterocycles. The number of carbonyl (C=O) groups is 2. The third kappa shape index (κ3) is 2.65. The Labute approximate surface area is 119 Å². The highest BCUT2D eigenvalue weighted by atomic mass is 16.6. The molecule has 110 valence electrons. The maximum Gasteiger partial charge on any atom is 0.334 e. The van der Waals surface area contributed by atoms with E-state index in [1.165, 1.54) is 0 Å². The summed E-state index contributed by atoms with van der Waals surface area (Å²) in [4.78, 5) is 23.3. The van der Waals surface area contributed by atoms with Crippen LogP contribution in [0.2, 0.25) is 0 Å². The number of esters is 2. The van der Waals surface area contributed by atoms with Crippen LogP contribution in [0.1, 0.15) is 52.4 Å². The Morgan fingerprint density at radius 1 is 1.35 bits per heavy atom. The summed E-state index contributed by atoms with van der Waals surface area (Å²) in [5.41, 5.74) is 0.104. The summed E-state index contributed by atoms with van der Waals surface area (Å²) < 4.78 is 11.1. The van der Waals surface area contributed by atoms with Crippen molar-refractivity contribution < 1.29 is 19.1 Å². The predicted molar refractivity (Wildman–Crippen MR) is 75.0 cm³/mol. The van der Waals surface area contributed by atoms with Crippen LogP contribution in [0.25, 0.3) is 0 Å². The first kappa shape index (κ1) is 14.8.